The summed E-state index contributed by atoms with van der Waals surface area (Å²) in [4.78, 5) is 29.7. The Balaban J connectivity index is 0.000000845. The van der Waals surface area contributed by atoms with Gasteiger partial charge in [0.15, 0.2) is 5.52 Å². The third-order valence-corrected chi connectivity index (χ3v) is 1.46. The Morgan fingerprint density at radius 1 is 1.46 bits per heavy atom. The van der Waals surface area contributed by atoms with Crippen molar-refractivity contribution in [3.05, 3.63) is 27.2 Å². The van der Waals surface area contributed by atoms with E-state index in [1.807, 2.05) is 4.98 Å². The monoisotopic (exact) mass is 186 g/mol. The van der Waals surface area contributed by atoms with Crippen LogP contribution in [-0.2, 0) is 0 Å². The standard InChI is InChI=1S/C5H4N4O3.H2O/c10-4-2-3(7-1-6-2)9(12)5(11)8-4;/h1,12H,(H,6,7)(H,8,10,11);1H2. The first-order valence-electron chi connectivity index (χ1n) is 3.08. The van der Waals surface area contributed by atoms with Crippen LogP contribution < -0.4 is 11.2 Å². The normalized spacial score (nSPS) is 9.85. The molecule has 70 valence electrons. The van der Waals surface area contributed by atoms with Gasteiger partial charge in [-0.3, -0.25) is 9.78 Å². The van der Waals surface area contributed by atoms with Crippen molar-refractivity contribution in [1.29, 1.82) is 0 Å². The minimum atomic E-state index is -0.903. The van der Waals surface area contributed by atoms with Crippen LogP contribution in [0.15, 0.2) is 15.9 Å². The molecule has 13 heavy (non-hydrogen) atoms. The summed E-state index contributed by atoms with van der Waals surface area (Å²) in [5.74, 6) is 0. The third-order valence-electron chi connectivity index (χ3n) is 1.46. The predicted molar refractivity (Wildman–Crippen MR) is 41.8 cm³/mol. The van der Waals surface area contributed by atoms with E-state index in [1.54, 1.807) is 0 Å². The highest BCUT2D eigenvalue weighted by atomic mass is 16.5. The maximum absolute atomic E-state index is 11.0. The fraction of sp³-hybridized carbons (Fsp3) is 0. The summed E-state index contributed by atoms with van der Waals surface area (Å²) < 4.78 is 0.271. The summed E-state index contributed by atoms with van der Waals surface area (Å²) >= 11 is 0. The van der Waals surface area contributed by atoms with Gasteiger partial charge in [-0.15, -0.1) is 4.73 Å². The van der Waals surface area contributed by atoms with Crippen molar-refractivity contribution < 1.29 is 10.7 Å². The van der Waals surface area contributed by atoms with Crippen LogP contribution in [0.3, 0.4) is 0 Å². The molecule has 8 heteroatoms. The largest absolute Gasteiger partial charge is 0.422 e. The number of hydrogen-bond donors (Lipinski definition) is 3. The maximum Gasteiger partial charge on any atom is 0.363 e. The number of rotatable bonds is 0. The number of hydrogen-bond acceptors (Lipinski definition) is 4. The first-order valence-corrected chi connectivity index (χ1v) is 3.08. The van der Waals surface area contributed by atoms with Crippen molar-refractivity contribution in [2.24, 2.45) is 0 Å². The van der Waals surface area contributed by atoms with Gasteiger partial charge in [0, 0.05) is 0 Å². The smallest absolute Gasteiger partial charge is 0.363 e. The Hall–Kier alpha value is -2.09. The number of H-pyrrole nitrogens is 2. The van der Waals surface area contributed by atoms with Crippen molar-refractivity contribution in [3.63, 3.8) is 0 Å². The third kappa shape index (κ3) is 1.08. The van der Waals surface area contributed by atoms with Gasteiger partial charge < -0.3 is 15.7 Å². The molecule has 2 aromatic heterocycles. The van der Waals surface area contributed by atoms with E-state index in [0.29, 0.717) is 0 Å². The van der Waals surface area contributed by atoms with E-state index in [1.165, 1.54) is 6.33 Å². The zero-order chi connectivity index (χ0) is 8.72. The molecular formula is C5H6N4O4. The summed E-state index contributed by atoms with van der Waals surface area (Å²) in [5, 5.41) is 9.02. The predicted octanol–water partition coefficient (Wildman–Crippen LogP) is -2.17. The van der Waals surface area contributed by atoms with Crippen LogP contribution in [0.25, 0.3) is 11.2 Å². The van der Waals surface area contributed by atoms with Crippen molar-refractivity contribution >= 4 is 11.2 Å². The molecule has 0 saturated carbocycles. The molecule has 0 saturated heterocycles. The minimum Gasteiger partial charge on any atom is -0.422 e. The fourth-order valence-corrected chi connectivity index (χ4v) is 0.924. The van der Waals surface area contributed by atoms with Crippen LogP contribution in [0, 0.1) is 0 Å². The molecule has 2 heterocycles. The van der Waals surface area contributed by atoms with Gasteiger partial charge in [0.05, 0.1) is 6.33 Å². The van der Waals surface area contributed by atoms with Gasteiger partial charge in [-0.25, -0.2) is 9.78 Å². The number of fused-ring (bicyclic) bond motifs is 1. The molecule has 0 aliphatic carbocycles. The Morgan fingerprint density at radius 2 is 2.15 bits per heavy atom. The summed E-state index contributed by atoms with van der Waals surface area (Å²) in [6.45, 7) is 0. The first-order chi connectivity index (χ1) is 5.70. The number of nitrogens with one attached hydrogen (secondary N) is 2. The average molecular weight is 186 g/mol. The second kappa shape index (κ2) is 2.75. The van der Waals surface area contributed by atoms with Crippen molar-refractivity contribution in [1.82, 2.24) is 19.7 Å². The molecule has 0 atom stereocenters. The lowest BCUT2D eigenvalue weighted by Gasteiger charge is -1.93. The van der Waals surface area contributed by atoms with E-state index < -0.39 is 11.2 Å². The van der Waals surface area contributed by atoms with Gasteiger partial charge in [-0.1, -0.05) is 0 Å². The zero-order valence-electron chi connectivity index (χ0n) is 6.24. The molecule has 0 bridgehead atoms. The van der Waals surface area contributed by atoms with E-state index in [2.05, 4.69) is 9.97 Å². The van der Waals surface area contributed by atoms with Crippen LogP contribution in [0.4, 0.5) is 0 Å². The highest BCUT2D eigenvalue weighted by Gasteiger charge is 2.06. The Kier molecular flexibility index (Phi) is 1.91. The summed E-state index contributed by atoms with van der Waals surface area (Å²) in [6, 6.07) is 0. The minimum absolute atomic E-state index is 0. The number of aromatic nitrogens is 4. The molecule has 2 rings (SSSR count). The van der Waals surface area contributed by atoms with Gasteiger partial charge in [0.25, 0.3) is 5.56 Å². The summed E-state index contributed by atoms with van der Waals surface area (Å²) in [5.41, 5.74) is -1.52. The lowest BCUT2D eigenvalue weighted by atomic mass is 10.5. The number of imidazole rings is 1. The highest BCUT2D eigenvalue weighted by molar-refractivity contribution is 5.67. The highest BCUT2D eigenvalue weighted by Crippen LogP contribution is 1.95. The second-order valence-electron chi connectivity index (χ2n) is 2.17. The van der Waals surface area contributed by atoms with E-state index in [-0.39, 0.29) is 21.4 Å². The van der Waals surface area contributed by atoms with E-state index >= 15 is 0 Å². The molecule has 0 aliphatic heterocycles. The molecule has 0 radical (unpaired) electrons. The van der Waals surface area contributed by atoms with Gasteiger partial charge in [-0.2, -0.15) is 0 Å². The number of nitrogens with zero attached hydrogens (tertiary/aromatic N) is 2. The van der Waals surface area contributed by atoms with Gasteiger partial charge in [0.1, 0.15) is 0 Å². The van der Waals surface area contributed by atoms with Crippen LogP contribution in [0.1, 0.15) is 0 Å². The summed E-state index contributed by atoms with van der Waals surface area (Å²) in [6.07, 6.45) is 1.21. The Bertz CT molecular complexity index is 535. The second-order valence-corrected chi connectivity index (χ2v) is 2.17. The average Bonchev–Trinajstić information content (AvgIpc) is 2.48. The van der Waals surface area contributed by atoms with Gasteiger partial charge in [0.2, 0.25) is 5.65 Å². The SMILES string of the molecule is O.O=c1[nH]c(=O)n(O)c2nc[nH]c12. The number of aromatic amines is 2. The van der Waals surface area contributed by atoms with Crippen LogP contribution in [0.2, 0.25) is 0 Å². The van der Waals surface area contributed by atoms with Crippen molar-refractivity contribution in [3.8, 4) is 0 Å². The van der Waals surface area contributed by atoms with Gasteiger partial charge in [-0.05, 0) is 0 Å². The van der Waals surface area contributed by atoms with E-state index in [9.17, 15) is 9.59 Å². The fourth-order valence-electron chi connectivity index (χ4n) is 0.924. The van der Waals surface area contributed by atoms with Gasteiger partial charge >= 0.3 is 5.69 Å². The molecule has 0 spiro atoms. The molecular weight excluding hydrogens is 180 g/mol. The first kappa shape index (κ1) is 9.00. The summed E-state index contributed by atoms with van der Waals surface area (Å²) in [7, 11) is 0. The quantitative estimate of drug-likeness (QED) is 0.403. The molecule has 0 unspecified atom stereocenters. The lowest BCUT2D eigenvalue weighted by Crippen LogP contribution is -2.28. The molecule has 8 nitrogen and oxygen atoms in total. The molecule has 2 aromatic rings. The van der Waals surface area contributed by atoms with E-state index in [4.69, 9.17) is 5.21 Å². The zero-order valence-corrected chi connectivity index (χ0v) is 6.24. The Morgan fingerprint density at radius 3 is 2.85 bits per heavy atom. The molecule has 0 aromatic carbocycles. The van der Waals surface area contributed by atoms with Crippen LogP contribution in [0.5, 0.6) is 0 Å². The molecule has 5 N–H and O–H groups in total. The molecule has 0 aliphatic rings. The van der Waals surface area contributed by atoms with Crippen molar-refractivity contribution in [2.45, 2.75) is 0 Å². The molecule has 0 fully saturated rings. The Labute approximate surface area is 69.7 Å². The van der Waals surface area contributed by atoms with Crippen molar-refractivity contribution in [2.75, 3.05) is 0 Å². The topological polar surface area (TPSA) is 135 Å². The van der Waals surface area contributed by atoms with Crippen LogP contribution in [-0.4, -0.2) is 30.4 Å². The molecule has 0 amide bonds. The maximum atomic E-state index is 11.0. The van der Waals surface area contributed by atoms with E-state index in [0.717, 1.165) is 0 Å². The lowest BCUT2D eigenvalue weighted by molar-refractivity contribution is 0.182. The van der Waals surface area contributed by atoms with Crippen LogP contribution >= 0.6 is 0 Å².